The minimum absolute atomic E-state index is 0.189. The van der Waals surface area contributed by atoms with Gasteiger partial charge < -0.3 is 29.2 Å². The van der Waals surface area contributed by atoms with Crippen molar-refractivity contribution in [1.82, 2.24) is 10.3 Å². The second-order valence-electron chi connectivity index (χ2n) is 6.82. The van der Waals surface area contributed by atoms with Crippen LogP contribution < -0.4 is 14.8 Å². The van der Waals surface area contributed by atoms with Crippen LogP contribution in [0.25, 0.3) is 0 Å². The molecule has 168 valence electrons. The molecule has 31 heavy (non-hydrogen) atoms. The number of ether oxygens (including phenoxy) is 4. The average molecular weight is 432 g/mol. The van der Waals surface area contributed by atoms with Crippen LogP contribution in [0.5, 0.6) is 11.5 Å². The number of H-pyrrole nitrogens is 1. The van der Waals surface area contributed by atoms with Crippen molar-refractivity contribution in [3.63, 3.8) is 0 Å². The Morgan fingerprint density at radius 2 is 1.77 bits per heavy atom. The maximum Gasteiger partial charge on any atom is 0.355 e. The van der Waals surface area contributed by atoms with Gasteiger partial charge in [0.15, 0.2) is 6.61 Å². The Morgan fingerprint density at radius 1 is 1.06 bits per heavy atom. The summed E-state index contributed by atoms with van der Waals surface area (Å²) in [4.78, 5) is 39.7. The Labute approximate surface area is 181 Å². The first-order valence-electron chi connectivity index (χ1n) is 9.78. The molecule has 0 aliphatic heterocycles. The lowest BCUT2D eigenvalue weighted by Crippen LogP contribution is -2.31. The van der Waals surface area contributed by atoms with Gasteiger partial charge in [0, 0.05) is 11.3 Å². The fraction of sp³-hybridized carbons (Fsp3) is 0.409. The molecule has 1 heterocycles. The lowest BCUT2D eigenvalue weighted by Gasteiger charge is -2.18. The van der Waals surface area contributed by atoms with Gasteiger partial charge in [-0.05, 0) is 51.5 Å². The fourth-order valence-electron chi connectivity index (χ4n) is 3.21. The molecule has 2 N–H and O–H groups in total. The van der Waals surface area contributed by atoms with Gasteiger partial charge in [-0.25, -0.2) is 9.59 Å². The van der Waals surface area contributed by atoms with Crippen molar-refractivity contribution in [3.05, 3.63) is 46.3 Å². The van der Waals surface area contributed by atoms with Crippen LogP contribution in [0.2, 0.25) is 0 Å². The summed E-state index contributed by atoms with van der Waals surface area (Å²) < 4.78 is 20.7. The van der Waals surface area contributed by atoms with Crippen molar-refractivity contribution < 1.29 is 33.3 Å². The quantitative estimate of drug-likeness (QED) is 0.585. The van der Waals surface area contributed by atoms with E-state index in [4.69, 9.17) is 18.9 Å². The first kappa shape index (κ1) is 23.8. The molecule has 0 bridgehead atoms. The summed E-state index contributed by atoms with van der Waals surface area (Å²) in [6.07, 6.45) is 0. The third kappa shape index (κ3) is 5.56. The van der Waals surface area contributed by atoms with Crippen molar-refractivity contribution >= 4 is 17.8 Å². The molecule has 1 amide bonds. The van der Waals surface area contributed by atoms with Crippen molar-refractivity contribution in [3.8, 4) is 11.5 Å². The highest BCUT2D eigenvalue weighted by Gasteiger charge is 2.24. The molecular formula is C22H28N2O7. The van der Waals surface area contributed by atoms with Crippen LogP contribution in [-0.4, -0.2) is 50.3 Å². The van der Waals surface area contributed by atoms with Crippen LogP contribution >= 0.6 is 0 Å². The number of aryl methyl sites for hydroxylation is 1. The van der Waals surface area contributed by atoms with Gasteiger partial charge in [-0.2, -0.15) is 0 Å². The second kappa shape index (κ2) is 10.5. The minimum atomic E-state index is -0.705. The standard InChI is InChI=1S/C22H28N2O7/c1-7-30-22(27)20-12(2)19(14(4)24-20)21(26)31-11-18(25)23-13(3)16-10-15(28-5)8-9-17(16)29-6/h8-10,13,24H,7,11H2,1-6H3,(H,23,25)/t13-/m0/s1. The number of carbonyl (C=O) groups excluding carboxylic acids is 3. The summed E-state index contributed by atoms with van der Waals surface area (Å²) in [6.45, 7) is 6.47. The summed E-state index contributed by atoms with van der Waals surface area (Å²) in [5.41, 5.74) is 1.99. The third-order valence-electron chi connectivity index (χ3n) is 4.74. The first-order chi connectivity index (χ1) is 14.7. The van der Waals surface area contributed by atoms with Gasteiger partial charge in [-0.3, -0.25) is 4.79 Å². The number of rotatable bonds is 9. The normalized spacial score (nSPS) is 11.4. The molecule has 0 fully saturated rings. The first-order valence-corrected chi connectivity index (χ1v) is 9.78. The van der Waals surface area contributed by atoms with Gasteiger partial charge in [0.05, 0.1) is 32.4 Å². The number of aromatic amines is 1. The van der Waals surface area contributed by atoms with E-state index in [1.165, 1.54) is 7.11 Å². The fourth-order valence-corrected chi connectivity index (χ4v) is 3.21. The molecule has 0 unspecified atom stereocenters. The molecule has 1 atom stereocenters. The van der Waals surface area contributed by atoms with E-state index in [-0.39, 0.29) is 17.9 Å². The van der Waals surface area contributed by atoms with Gasteiger partial charge in [0.1, 0.15) is 17.2 Å². The SMILES string of the molecule is CCOC(=O)c1[nH]c(C)c(C(=O)OCC(=O)N[C@@H](C)c2cc(OC)ccc2OC)c1C. The molecule has 0 radical (unpaired) electrons. The van der Waals surface area contributed by atoms with Gasteiger partial charge >= 0.3 is 11.9 Å². The summed E-state index contributed by atoms with van der Waals surface area (Å²) in [6, 6.07) is 4.85. The van der Waals surface area contributed by atoms with Crippen LogP contribution in [0.15, 0.2) is 18.2 Å². The summed E-state index contributed by atoms with van der Waals surface area (Å²) in [5.74, 6) is -0.526. The Kier molecular flexibility index (Phi) is 8.07. The molecule has 2 rings (SSSR count). The van der Waals surface area contributed by atoms with E-state index in [0.717, 1.165) is 5.56 Å². The smallest absolute Gasteiger partial charge is 0.355 e. The Hall–Kier alpha value is -3.49. The number of hydrogen-bond donors (Lipinski definition) is 2. The Bertz CT molecular complexity index is 965. The lowest BCUT2D eigenvalue weighted by atomic mass is 10.1. The van der Waals surface area contributed by atoms with Gasteiger partial charge in [0.25, 0.3) is 5.91 Å². The minimum Gasteiger partial charge on any atom is -0.497 e. The molecule has 1 aromatic heterocycles. The molecule has 1 aromatic carbocycles. The van der Waals surface area contributed by atoms with Crippen LogP contribution in [0.3, 0.4) is 0 Å². The Balaban J connectivity index is 2.04. The lowest BCUT2D eigenvalue weighted by molar-refractivity contribution is -0.124. The highest BCUT2D eigenvalue weighted by atomic mass is 16.5. The molecule has 0 aliphatic carbocycles. The van der Waals surface area contributed by atoms with Gasteiger partial charge in [0.2, 0.25) is 0 Å². The van der Waals surface area contributed by atoms with E-state index in [1.54, 1.807) is 53.0 Å². The molecule has 0 aliphatic rings. The van der Waals surface area contributed by atoms with Crippen LogP contribution in [0.1, 0.15) is 57.6 Å². The number of amides is 1. The number of nitrogens with one attached hydrogen (secondary N) is 2. The molecule has 0 saturated heterocycles. The molecule has 2 aromatic rings. The average Bonchev–Trinajstić information content (AvgIpc) is 3.05. The van der Waals surface area contributed by atoms with E-state index in [9.17, 15) is 14.4 Å². The van der Waals surface area contributed by atoms with E-state index >= 15 is 0 Å². The zero-order chi connectivity index (χ0) is 23.1. The molecule has 9 heteroatoms. The van der Waals surface area contributed by atoms with Crippen molar-refractivity contribution in [2.45, 2.75) is 33.7 Å². The maximum atomic E-state index is 12.5. The highest BCUT2D eigenvalue weighted by molar-refractivity contribution is 5.99. The summed E-state index contributed by atoms with van der Waals surface area (Å²) >= 11 is 0. The molecule has 0 saturated carbocycles. The number of methoxy groups -OCH3 is 2. The molecular weight excluding hydrogens is 404 g/mol. The summed E-state index contributed by atoms with van der Waals surface area (Å²) in [5, 5.41) is 2.76. The number of hydrogen-bond acceptors (Lipinski definition) is 7. The summed E-state index contributed by atoms with van der Waals surface area (Å²) in [7, 11) is 3.08. The number of esters is 2. The van der Waals surface area contributed by atoms with E-state index in [2.05, 4.69) is 10.3 Å². The zero-order valence-corrected chi connectivity index (χ0v) is 18.6. The van der Waals surface area contributed by atoms with Crippen molar-refractivity contribution in [2.24, 2.45) is 0 Å². The third-order valence-corrected chi connectivity index (χ3v) is 4.74. The van der Waals surface area contributed by atoms with Crippen LogP contribution in [0.4, 0.5) is 0 Å². The van der Waals surface area contributed by atoms with E-state index in [1.807, 2.05) is 0 Å². The predicted molar refractivity (Wildman–Crippen MR) is 113 cm³/mol. The van der Waals surface area contributed by atoms with Crippen molar-refractivity contribution in [1.29, 1.82) is 0 Å². The van der Waals surface area contributed by atoms with Crippen LogP contribution in [-0.2, 0) is 14.3 Å². The van der Waals surface area contributed by atoms with E-state index in [0.29, 0.717) is 22.8 Å². The largest absolute Gasteiger partial charge is 0.497 e. The topological polar surface area (TPSA) is 116 Å². The predicted octanol–water partition coefficient (Wildman–Crippen LogP) is 2.86. The molecule has 9 nitrogen and oxygen atoms in total. The second-order valence-corrected chi connectivity index (χ2v) is 6.82. The number of aromatic nitrogens is 1. The van der Waals surface area contributed by atoms with Gasteiger partial charge in [-0.1, -0.05) is 0 Å². The zero-order valence-electron chi connectivity index (χ0n) is 18.6. The van der Waals surface area contributed by atoms with Crippen molar-refractivity contribution in [2.75, 3.05) is 27.4 Å². The van der Waals surface area contributed by atoms with E-state index < -0.39 is 30.5 Å². The number of carbonyl (C=O) groups is 3. The number of benzene rings is 1. The maximum absolute atomic E-state index is 12.5. The van der Waals surface area contributed by atoms with Crippen LogP contribution in [0, 0.1) is 13.8 Å². The molecule has 0 spiro atoms. The Morgan fingerprint density at radius 3 is 2.39 bits per heavy atom. The monoisotopic (exact) mass is 432 g/mol. The van der Waals surface area contributed by atoms with Gasteiger partial charge in [-0.15, -0.1) is 0 Å². The highest BCUT2D eigenvalue weighted by Crippen LogP contribution is 2.29.